The van der Waals surface area contributed by atoms with Gasteiger partial charge in [-0.15, -0.1) is 0 Å². The minimum Gasteiger partial charge on any atom is -0.481 e. The molecule has 3 N–H and O–H groups in total. The zero-order valence-corrected chi connectivity index (χ0v) is 11.9. The van der Waals surface area contributed by atoms with Gasteiger partial charge in [0.1, 0.15) is 0 Å². The first-order valence-corrected chi connectivity index (χ1v) is 6.34. The third-order valence-corrected chi connectivity index (χ3v) is 2.58. The van der Waals surface area contributed by atoms with Crippen LogP contribution in [0.4, 0.5) is 4.79 Å². The lowest BCUT2D eigenvalue weighted by molar-refractivity contribution is -0.139. The minimum absolute atomic E-state index is 0.0577. The molecule has 0 aliphatic carbocycles. The highest BCUT2D eigenvalue weighted by molar-refractivity contribution is 5.94. The number of carbonyl (C=O) groups excluding carboxylic acids is 2. The maximum absolute atomic E-state index is 11.7. The maximum atomic E-state index is 11.7. The molecule has 0 saturated heterocycles. The lowest BCUT2D eigenvalue weighted by Gasteiger charge is -2.21. The normalized spacial score (nSPS) is 10.8. The Bertz CT molecular complexity index is 516. The van der Waals surface area contributed by atoms with E-state index in [9.17, 15) is 14.4 Å². The monoisotopic (exact) mass is 294 g/mol. The van der Waals surface area contributed by atoms with E-state index in [0.717, 1.165) is 0 Å². The number of carboxylic acid groups (broad SMARTS) is 1. The first-order chi connectivity index (χ1) is 9.78. The topological polar surface area (TPSA) is 121 Å². The number of hydrogen-bond acceptors (Lipinski definition) is 5. The van der Waals surface area contributed by atoms with Gasteiger partial charge in [-0.2, -0.15) is 10.2 Å². The fourth-order valence-electron chi connectivity index (χ4n) is 1.72. The summed E-state index contributed by atoms with van der Waals surface area (Å²) in [6.07, 6.45) is 1.30. The van der Waals surface area contributed by atoms with Crippen molar-refractivity contribution in [3.05, 3.63) is 24.0 Å². The van der Waals surface area contributed by atoms with Crippen molar-refractivity contribution in [1.82, 2.24) is 20.8 Å². The average molecular weight is 294 g/mol. The number of urea groups is 1. The molecule has 0 unspecified atom stereocenters. The number of carbonyl (C=O) groups is 3. The molecule has 1 rings (SSSR count). The van der Waals surface area contributed by atoms with E-state index in [0.29, 0.717) is 5.69 Å². The molecule has 0 bridgehead atoms. The molecule has 0 radical (unpaired) electrons. The van der Waals surface area contributed by atoms with Crippen molar-refractivity contribution in [2.75, 3.05) is 0 Å². The number of nitrogens with zero attached hydrogens (tertiary/aromatic N) is 2. The highest BCUT2D eigenvalue weighted by atomic mass is 16.4. The van der Waals surface area contributed by atoms with Crippen LogP contribution in [0.5, 0.6) is 0 Å². The van der Waals surface area contributed by atoms with Crippen molar-refractivity contribution in [3.8, 4) is 0 Å². The lowest BCUT2D eigenvalue weighted by atomic mass is 9.85. The number of amides is 3. The third kappa shape index (κ3) is 7.00. The van der Waals surface area contributed by atoms with Gasteiger partial charge in [0.2, 0.25) is 5.91 Å². The van der Waals surface area contributed by atoms with Crippen LogP contribution in [0, 0.1) is 5.41 Å². The number of imide groups is 1. The van der Waals surface area contributed by atoms with E-state index in [1.165, 1.54) is 6.20 Å². The van der Waals surface area contributed by atoms with E-state index in [4.69, 9.17) is 5.11 Å². The predicted molar refractivity (Wildman–Crippen MR) is 73.1 cm³/mol. The molecule has 0 aliphatic heterocycles. The summed E-state index contributed by atoms with van der Waals surface area (Å²) in [5.41, 5.74) is -0.160. The van der Waals surface area contributed by atoms with E-state index in [1.54, 1.807) is 26.0 Å². The summed E-state index contributed by atoms with van der Waals surface area (Å²) < 4.78 is 0. The van der Waals surface area contributed by atoms with Gasteiger partial charge in [0.05, 0.1) is 18.7 Å². The smallest absolute Gasteiger partial charge is 0.321 e. The van der Waals surface area contributed by atoms with Crippen LogP contribution in [-0.4, -0.2) is 33.2 Å². The van der Waals surface area contributed by atoms with Crippen LogP contribution in [0.2, 0.25) is 0 Å². The van der Waals surface area contributed by atoms with Gasteiger partial charge >= 0.3 is 12.0 Å². The second kappa shape index (κ2) is 7.32. The Morgan fingerprint density at radius 1 is 1.29 bits per heavy atom. The molecule has 1 heterocycles. The number of aromatic nitrogens is 2. The van der Waals surface area contributed by atoms with Crippen LogP contribution in [0.25, 0.3) is 0 Å². The number of rotatable bonds is 6. The second-order valence-corrected chi connectivity index (χ2v) is 5.36. The fourth-order valence-corrected chi connectivity index (χ4v) is 1.72. The molecule has 0 atom stereocenters. The lowest BCUT2D eigenvalue weighted by Crippen LogP contribution is -2.41. The van der Waals surface area contributed by atoms with Gasteiger partial charge in [0, 0.05) is 12.6 Å². The first-order valence-electron chi connectivity index (χ1n) is 6.34. The van der Waals surface area contributed by atoms with E-state index in [-0.39, 0.29) is 19.4 Å². The summed E-state index contributed by atoms with van der Waals surface area (Å²) >= 11 is 0. The zero-order valence-electron chi connectivity index (χ0n) is 11.9. The van der Waals surface area contributed by atoms with Gasteiger partial charge in [-0.1, -0.05) is 13.8 Å². The van der Waals surface area contributed by atoms with Crippen molar-refractivity contribution < 1.29 is 19.5 Å². The summed E-state index contributed by atoms with van der Waals surface area (Å²) in [6, 6.07) is 2.71. The zero-order chi connectivity index (χ0) is 15.9. The standard InChI is InChI=1S/C13H18N4O4/c1-13(2,7-11(19)20)6-10(18)16-12(21)14-8-9-4-3-5-15-17-9/h3-5H,6-8H2,1-2H3,(H,19,20)(H2,14,16,18,21). The summed E-state index contributed by atoms with van der Waals surface area (Å²) in [7, 11) is 0. The van der Waals surface area contributed by atoms with Crippen molar-refractivity contribution >= 4 is 17.9 Å². The third-order valence-electron chi connectivity index (χ3n) is 2.58. The Labute approximate surface area is 122 Å². The molecule has 1 aromatic heterocycles. The van der Waals surface area contributed by atoms with Gasteiger partial charge in [0.25, 0.3) is 0 Å². The maximum Gasteiger partial charge on any atom is 0.321 e. The largest absolute Gasteiger partial charge is 0.481 e. The van der Waals surface area contributed by atoms with Gasteiger partial charge in [0.15, 0.2) is 0 Å². The quantitative estimate of drug-likeness (QED) is 0.709. The summed E-state index contributed by atoms with van der Waals surface area (Å²) in [4.78, 5) is 33.9. The van der Waals surface area contributed by atoms with Crippen molar-refractivity contribution in [1.29, 1.82) is 0 Å². The van der Waals surface area contributed by atoms with Crippen molar-refractivity contribution in [2.24, 2.45) is 5.41 Å². The molecule has 3 amide bonds. The van der Waals surface area contributed by atoms with Crippen LogP contribution in [0.3, 0.4) is 0 Å². The van der Waals surface area contributed by atoms with Crippen LogP contribution in [-0.2, 0) is 16.1 Å². The molecule has 0 aliphatic rings. The minimum atomic E-state index is -0.986. The fraction of sp³-hybridized carbons (Fsp3) is 0.462. The molecular weight excluding hydrogens is 276 g/mol. The number of aliphatic carboxylic acids is 1. The van der Waals surface area contributed by atoms with Crippen LogP contribution in [0.15, 0.2) is 18.3 Å². The van der Waals surface area contributed by atoms with Gasteiger partial charge < -0.3 is 10.4 Å². The summed E-state index contributed by atoms with van der Waals surface area (Å²) in [5.74, 6) is -1.52. The molecule has 8 heteroatoms. The highest BCUT2D eigenvalue weighted by Gasteiger charge is 2.25. The van der Waals surface area contributed by atoms with E-state index in [1.807, 2.05) is 0 Å². The summed E-state index contributed by atoms with van der Waals surface area (Å²) in [5, 5.41) is 20.8. The molecule has 114 valence electrons. The predicted octanol–water partition coefficient (Wildman–Crippen LogP) is 0.693. The van der Waals surface area contributed by atoms with Crippen LogP contribution < -0.4 is 10.6 Å². The number of nitrogens with one attached hydrogen (secondary N) is 2. The molecule has 8 nitrogen and oxygen atoms in total. The Balaban J connectivity index is 2.37. The SMILES string of the molecule is CC(C)(CC(=O)O)CC(=O)NC(=O)NCc1cccnn1. The Hall–Kier alpha value is -2.51. The number of hydrogen-bond donors (Lipinski definition) is 3. The summed E-state index contributed by atoms with van der Waals surface area (Å²) in [6.45, 7) is 3.45. The average Bonchev–Trinajstić information content (AvgIpc) is 2.35. The Morgan fingerprint density at radius 3 is 2.57 bits per heavy atom. The van der Waals surface area contributed by atoms with Crippen molar-refractivity contribution in [2.45, 2.75) is 33.2 Å². The first kappa shape index (κ1) is 16.5. The molecule has 0 saturated carbocycles. The molecule has 21 heavy (non-hydrogen) atoms. The number of carboxylic acids is 1. The van der Waals surface area contributed by atoms with Crippen LogP contribution >= 0.6 is 0 Å². The van der Waals surface area contributed by atoms with Gasteiger partial charge in [-0.25, -0.2) is 4.79 Å². The highest BCUT2D eigenvalue weighted by Crippen LogP contribution is 2.24. The second-order valence-electron chi connectivity index (χ2n) is 5.36. The molecule has 0 fully saturated rings. The van der Waals surface area contributed by atoms with Crippen molar-refractivity contribution in [3.63, 3.8) is 0 Å². The van der Waals surface area contributed by atoms with E-state index in [2.05, 4.69) is 20.8 Å². The molecular formula is C13H18N4O4. The molecule has 1 aromatic rings. The Kier molecular flexibility index (Phi) is 5.77. The van der Waals surface area contributed by atoms with Gasteiger partial charge in [-0.05, 0) is 17.5 Å². The van der Waals surface area contributed by atoms with E-state index < -0.39 is 23.3 Å². The van der Waals surface area contributed by atoms with Crippen LogP contribution in [0.1, 0.15) is 32.4 Å². The van der Waals surface area contributed by atoms with Gasteiger partial charge in [-0.3, -0.25) is 14.9 Å². The van der Waals surface area contributed by atoms with E-state index >= 15 is 0 Å². The molecule has 0 spiro atoms. The molecule has 0 aromatic carbocycles. The Morgan fingerprint density at radius 2 is 2.00 bits per heavy atom.